The minimum Gasteiger partial charge on any atom is -0.354 e. The van der Waals surface area contributed by atoms with Crippen molar-refractivity contribution in [3.63, 3.8) is 0 Å². The van der Waals surface area contributed by atoms with Gasteiger partial charge in [-0.15, -0.1) is 0 Å². The number of aromatic nitrogens is 2. The lowest BCUT2D eigenvalue weighted by Crippen LogP contribution is -2.44. The Morgan fingerprint density at radius 3 is 2.73 bits per heavy atom. The minimum absolute atomic E-state index is 0.0245. The fourth-order valence-corrected chi connectivity index (χ4v) is 3.81. The molecule has 2 aromatic carbocycles. The minimum atomic E-state index is -0.253. The summed E-state index contributed by atoms with van der Waals surface area (Å²) in [6, 6.07) is 19.2. The van der Waals surface area contributed by atoms with Crippen LogP contribution in [0, 0.1) is 0 Å². The Morgan fingerprint density at radius 1 is 1.10 bits per heavy atom. The number of para-hydroxylation sites is 1. The van der Waals surface area contributed by atoms with Crippen molar-refractivity contribution in [3.8, 4) is 0 Å². The molecule has 0 aliphatic carbocycles. The molecule has 1 fully saturated rings. The highest BCUT2D eigenvalue weighted by atomic mass is 35.5. The second kappa shape index (κ2) is 9.59. The van der Waals surface area contributed by atoms with E-state index >= 15 is 0 Å². The second-order valence-corrected chi connectivity index (χ2v) is 7.63. The lowest BCUT2D eigenvalue weighted by Gasteiger charge is -2.24. The normalized spacial score (nSPS) is 15.8. The molecule has 7 heteroatoms. The fourth-order valence-electron chi connectivity index (χ4n) is 3.63. The molecule has 0 unspecified atom stereocenters. The highest BCUT2D eigenvalue weighted by Crippen LogP contribution is 2.26. The Kier molecular flexibility index (Phi) is 6.44. The zero-order valence-electron chi connectivity index (χ0n) is 16.6. The van der Waals surface area contributed by atoms with Crippen LogP contribution in [0.2, 0.25) is 5.02 Å². The number of carbonyl (C=O) groups excluding carboxylic acids is 1. The maximum Gasteiger partial charge on any atom is 0.242 e. The predicted octanol–water partition coefficient (Wildman–Crippen LogP) is 4.20. The van der Waals surface area contributed by atoms with E-state index in [4.69, 9.17) is 11.6 Å². The molecular weight excluding hydrogens is 398 g/mol. The summed E-state index contributed by atoms with van der Waals surface area (Å²) in [7, 11) is 0. The molecule has 0 spiro atoms. The molecule has 1 aliphatic heterocycles. The highest BCUT2D eigenvalue weighted by molar-refractivity contribution is 6.33. The van der Waals surface area contributed by atoms with Gasteiger partial charge in [0.2, 0.25) is 11.9 Å². The van der Waals surface area contributed by atoms with Gasteiger partial charge < -0.3 is 15.5 Å². The number of halogens is 1. The van der Waals surface area contributed by atoms with E-state index in [1.54, 1.807) is 12.3 Å². The third-order valence-corrected chi connectivity index (χ3v) is 5.48. The van der Waals surface area contributed by atoms with Gasteiger partial charge in [-0.2, -0.15) is 4.98 Å². The van der Waals surface area contributed by atoms with Gasteiger partial charge >= 0.3 is 0 Å². The number of benzene rings is 2. The van der Waals surface area contributed by atoms with Crippen LogP contribution in [0.25, 0.3) is 0 Å². The number of hydrogen-bond donors (Lipinski definition) is 2. The van der Waals surface area contributed by atoms with Crippen molar-refractivity contribution >= 4 is 35.0 Å². The molecule has 1 atom stereocenters. The third-order valence-electron chi connectivity index (χ3n) is 5.15. The molecule has 1 saturated heterocycles. The van der Waals surface area contributed by atoms with Crippen LogP contribution in [0.3, 0.4) is 0 Å². The van der Waals surface area contributed by atoms with Crippen LogP contribution in [0.15, 0.2) is 66.9 Å². The molecular formula is C23H24ClN5O. The molecule has 4 rings (SSSR count). The summed E-state index contributed by atoms with van der Waals surface area (Å²) in [6.45, 7) is 1.37. The standard InChI is InChI=1S/C23H24ClN5O/c24-18-9-4-5-10-19(18)27-21-13-15-26-23(28-21)29-16-6-11-20(29)22(30)25-14-12-17-7-2-1-3-8-17/h1-5,7-10,13,15,20H,6,11-12,14,16H2,(H,25,30)(H,26,27,28)/t20-/m0/s1. The van der Waals surface area contributed by atoms with Crippen LogP contribution in [-0.2, 0) is 11.2 Å². The quantitative estimate of drug-likeness (QED) is 0.598. The van der Waals surface area contributed by atoms with E-state index in [0.717, 1.165) is 31.5 Å². The SMILES string of the molecule is O=C(NCCc1ccccc1)[C@@H]1CCCN1c1nccc(Nc2ccccc2Cl)n1. The molecule has 3 aromatic rings. The Balaban J connectivity index is 1.40. The van der Waals surface area contributed by atoms with Crippen molar-refractivity contribution in [1.82, 2.24) is 15.3 Å². The first kappa shape index (κ1) is 20.2. The molecule has 1 aromatic heterocycles. The zero-order valence-corrected chi connectivity index (χ0v) is 17.3. The van der Waals surface area contributed by atoms with Crippen LogP contribution in [-0.4, -0.2) is 35.0 Å². The molecule has 0 radical (unpaired) electrons. The highest BCUT2D eigenvalue weighted by Gasteiger charge is 2.32. The Morgan fingerprint density at radius 2 is 1.90 bits per heavy atom. The first-order valence-corrected chi connectivity index (χ1v) is 10.5. The largest absolute Gasteiger partial charge is 0.354 e. The first-order valence-electron chi connectivity index (χ1n) is 10.1. The molecule has 2 heterocycles. The molecule has 0 saturated carbocycles. The third kappa shape index (κ3) is 4.89. The van der Waals surface area contributed by atoms with Gasteiger partial charge in [0.25, 0.3) is 0 Å². The maximum absolute atomic E-state index is 12.8. The zero-order chi connectivity index (χ0) is 20.8. The number of rotatable bonds is 7. The van der Waals surface area contributed by atoms with Crippen molar-refractivity contribution in [2.45, 2.75) is 25.3 Å². The van der Waals surface area contributed by atoms with Gasteiger partial charge in [-0.05, 0) is 43.0 Å². The maximum atomic E-state index is 12.8. The van der Waals surface area contributed by atoms with Gasteiger partial charge in [0.1, 0.15) is 11.9 Å². The van der Waals surface area contributed by atoms with E-state index in [1.165, 1.54) is 5.56 Å². The number of anilines is 3. The molecule has 2 N–H and O–H groups in total. The summed E-state index contributed by atoms with van der Waals surface area (Å²) in [5, 5.41) is 6.91. The summed E-state index contributed by atoms with van der Waals surface area (Å²) in [6.07, 6.45) is 4.24. The topological polar surface area (TPSA) is 70.2 Å². The van der Waals surface area contributed by atoms with Gasteiger partial charge in [0, 0.05) is 19.3 Å². The van der Waals surface area contributed by atoms with Crippen LogP contribution < -0.4 is 15.5 Å². The monoisotopic (exact) mass is 421 g/mol. The molecule has 30 heavy (non-hydrogen) atoms. The molecule has 1 aliphatic rings. The van der Waals surface area contributed by atoms with Crippen LogP contribution >= 0.6 is 11.6 Å². The van der Waals surface area contributed by atoms with Crippen LogP contribution in [0.1, 0.15) is 18.4 Å². The van der Waals surface area contributed by atoms with Gasteiger partial charge in [-0.25, -0.2) is 4.98 Å². The van der Waals surface area contributed by atoms with E-state index in [9.17, 15) is 4.79 Å². The van der Waals surface area contributed by atoms with E-state index in [-0.39, 0.29) is 11.9 Å². The number of nitrogens with zero attached hydrogens (tertiary/aromatic N) is 3. The molecule has 0 bridgehead atoms. The lowest BCUT2D eigenvalue weighted by atomic mass is 10.1. The van der Waals surface area contributed by atoms with E-state index in [1.807, 2.05) is 47.4 Å². The van der Waals surface area contributed by atoms with Crippen molar-refractivity contribution in [3.05, 3.63) is 77.4 Å². The van der Waals surface area contributed by atoms with E-state index in [0.29, 0.717) is 23.3 Å². The van der Waals surface area contributed by atoms with Gasteiger partial charge in [-0.1, -0.05) is 54.1 Å². The van der Waals surface area contributed by atoms with Crippen molar-refractivity contribution < 1.29 is 4.79 Å². The lowest BCUT2D eigenvalue weighted by molar-refractivity contribution is -0.122. The average molecular weight is 422 g/mol. The number of amides is 1. The number of carbonyl (C=O) groups is 1. The summed E-state index contributed by atoms with van der Waals surface area (Å²) in [4.78, 5) is 23.8. The summed E-state index contributed by atoms with van der Waals surface area (Å²) < 4.78 is 0. The van der Waals surface area contributed by atoms with Gasteiger partial charge in [0.05, 0.1) is 10.7 Å². The van der Waals surface area contributed by atoms with Crippen molar-refractivity contribution in [2.24, 2.45) is 0 Å². The Bertz CT molecular complexity index is 998. The number of hydrogen-bond acceptors (Lipinski definition) is 5. The Labute approximate surface area is 181 Å². The summed E-state index contributed by atoms with van der Waals surface area (Å²) >= 11 is 6.23. The fraction of sp³-hybridized carbons (Fsp3) is 0.261. The van der Waals surface area contributed by atoms with Crippen LogP contribution in [0.5, 0.6) is 0 Å². The smallest absolute Gasteiger partial charge is 0.242 e. The van der Waals surface area contributed by atoms with Gasteiger partial charge in [-0.3, -0.25) is 4.79 Å². The first-order chi connectivity index (χ1) is 14.7. The van der Waals surface area contributed by atoms with Gasteiger partial charge in [0.15, 0.2) is 0 Å². The predicted molar refractivity (Wildman–Crippen MR) is 120 cm³/mol. The van der Waals surface area contributed by atoms with E-state index in [2.05, 4.69) is 32.7 Å². The van der Waals surface area contributed by atoms with Crippen molar-refractivity contribution in [2.75, 3.05) is 23.3 Å². The summed E-state index contributed by atoms with van der Waals surface area (Å²) in [5.41, 5.74) is 1.99. The van der Waals surface area contributed by atoms with Crippen molar-refractivity contribution in [1.29, 1.82) is 0 Å². The Hall–Kier alpha value is -3.12. The van der Waals surface area contributed by atoms with Crippen LogP contribution in [0.4, 0.5) is 17.5 Å². The molecule has 154 valence electrons. The number of nitrogens with one attached hydrogen (secondary N) is 2. The average Bonchev–Trinajstić information content (AvgIpc) is 3.26. The molecule has 6 nitrogen and oxygen atoms in total. The second-order valence-electron chi connectivity index (χ2n) is 7.22. The molecule has 1 amide bonds. The summed E-state index contributed by atoms with van der Waals surface area (Å²) in [5.74, 6) is 1.22. The van der Waals surface area contributed by atoms with E-state index < -0.39 is 0 Å².